The average Bonchev–Trinajstić information content (AvgIpc) is 1.98. The largest absolute Gasteiger partial charge is 0.429 e. The number of benzene rings is 1. The van der Waals surface area contributed by atoms with Crippen molar-refractivity contribution in [3.05, 3.63) is 23.8 Å². The van der Waals surface area contributed by atoms with E-state index in [-0.39, 0.29) is 0 Å². The first-order valence-electron chi connectivity index (χ1n) is 3.20. The lowest BCUT2D eigenvalue weighted by molar-refractivity contribution is -0.120. The summed E-state index contributed by atoms with van der Waals surface area (Å²) < 4.78 is 4.58. The minimum absolute atomic E-state index is 0.379. The van der Waals surface area contributed by atoms with Crippen molar-refractivity contribution in [2.75, 3.05) is 5.73 Å². The minimum atomic E-state index is 0.379. The van der Waals surface area contributed by atoms with Crippen LogP contribution in [-0.2, 0) is 4.79 Å². The highest BCUT2D eigenvalue weighted by Crippen LogP contribution is 2.17. The molecule has 1 aromatic carbocycles. The van der Waals surface area contributed by atoms with Gasteiger partial charge in [-0.15, -0.1) is 0 Å². The minimum Gasteiger partial charge on any atom is -0.429 e. The van der Waals surface area contributed by atoms with Gasteiger partial charge in [-0.2, -0.15) is 0 Å². The van der Waals surface area contributed by atoms with E-state index in [1.54, 1.807) is 18.2 Å². The Kier molecular flexibility index (Phi) is 2.11. The molecule has 0 spiro atoms. The molecule has 0 saturated heterocycles. The number of carbonyl (C=O) groups is 1. The molecule has 3 nitrogen and oxygen atoms in total. The number of nitrogen functional groups attached to an aromatic ring is 1. The fourth-order valence-corrected chi connectivity index (χ4v) is 0.747. The van der Waals surface area contributed by atoms with Gasteiger partial charge in [0, 0.05) is 11.8 Å². The predicted octanol–water partition coefficient (Wildman–Crippen LogP) is 1.11. The Morgan fingerprint density at radius 2 is 2.27 bits per heavy atom. The van der Waals surface area contributed by atoms with Gasteiger partial charge in [0.15, 0.2) is 0 Å². The Balaban J connectivity index is 2.95. The van der Waals surface area contributed by atoms with Gasteiger partial charge in [-0.05, 0) is 18.6 Å². The van der Waals surface area contributed by atoms with Crippen LogP contribution in [0.5, 0.6) is 5.75 Å². The van der Waals surface area contributed by atoms with Gasteiger partial charge in [-0.1, -0.05) is 6.07 Å². The Labute approximate surface area is 64.8 Å². The van der Waals surface area contributed by atoms with Gasteiger partial charge in [0.05, 0.1) is 0 Å². The van der Waals surface area contributed by atoms with Gasteiger partial charge in [-0.3, -0.25) is 4.79 Å². The molecule has 58 valence electrons. The van der Waals surface area contributed by atoms with Gasteiger partial charge in [-0.25, -0.2) is 0 Å². The highest BCUT2D eigenvalue weighted by atomic mass is 16.5. The van der Waals surface area contributed by atoms with Crippen molar-refractivity contribution in [3.63, 3.8) is 0 Å². The first kappa shape index (κ1) is 7.60. The molecule has 0 radical (unpaired) electrons. The number of hydrogen-bond donors (Lipinski definition) is 1. The first-order valence-corrected chi connectivity index (χ1v) is 3.20. The summed E-state index contributed by atoms with van der Waals surface area (Å²) >= 11 is 0. The second-order valence-corrected chi connectivity index (χ2v) is 2.23. The van der Waals surface area contributed by atoms with Crippen molar-refractivity contribution in [3.8, 4) is 5.75 Å². The summed E-state index contributed by atoms with van der Waals surface area (Å²) in [5.41, 5.74) is 7.16. The summed E-state index contributed by atoms with van der Waals surface area (Å²) in [6.45, 7) is 2.27. The van der Waals surface area contributed by atoms with Crippen LogP contribution >= 0.6 is 0 Å². The summed E-state index contributed by atoms with van der Waals surface area (Å²) in [5.74, 6) is 0.475. The van der Waals surface area contributed by atoms with E-state index in [2.05, 4.69) is 4.74 Å². The van der Waals surface area contributed by atoms with E-state index in [0.29, 0.717) is 17.9 Å². The van der Waals surface area contributed by atoms with Gasteiger partial charge < -0.3 is 10.5 Å². The molecule has 0 aromatic heterocycles. The molecule has 0 atom stereocenters. The summed E-state index contributed by atoms with van der Waals surface area (Å²) in [5, 5.41) is 0. The Hall–Kier alpha value is -1.51. The van der Waals surface area contributed by atoms with Crippen LogP contribution in [0.25, 0.3) is 0 Å². The molecule has 0 aliphatic rings. The third-order valence-electron chi connectivity index (χ3n) is 1.43. The van der Waals surface area contributed by atoms with Gasteiger partial charge >= 0.3 is 0 Å². The van der Waals surface area contributed by atoms with Crippen molar-refractivity contribution >= 4 is 12.2 Å². The zero-order valence-corrected chi connectivity index (χ0v) is 6.20. The lowest BCUT2D eigenvalue weighted by atomic mass is 10.2. The molecule has 11 heavy (non-hydrogen) atoms. The van der Waals surface area contributed by atoms with Crippen molar-refractivity contribution in [2.45, 2.75) is 6.92 Å². The SMILES string of the molecule is Cc1ccc(OC=O)cc1N. The molecule has 0 aliphatic heterocycles. The molecule has 1 rings (SSSR count). The zero-order chi connectivity index (χ0) is 8.27. The van der Waals surface area contributed by atoms with Crippen LogP contribution in [0.2, 0.25) is 0 Å². The molecule has 0 aliphatic carbocycles. The molecule has 3 heteroatoms. The third kappa shape index (κ3) is 1.70. The molecule has 0 bridgehead atoms. The summed E-state index contributed by atoms with van der Waals surface area (Å²) in [4.78, 5) is 9.91. The van der Waals surface area contributed by atoms with E-state index in [1.165, 1.54) is 0 Å². The number of aryl methyl sites for hydroxylation is 1. The van der Waals surface area contributed by atoms with Crippen LogP contribution in [0.1, 0.15) is 5.56 Å². The van der Waals surface area contributed by atoms with Crippen molar-refractivity contribution in [1.29, 1.82) is 0 Å². The van der Waals surface area contributed by atoms with Crippen LogP contribution in [-0.4, -0.2) is 6.47 Å². The molecule has 2 N–H and O–H groups in total. The summed E-state index contributed by atoms with van der Waals surface area (Å²) in [7, 11) is 0. The summed E-state index contributed by atoms with van der Waals surface area (Å²) in [6, 6.07) is 5.11. The monoisotopic (exact) mass is 151 g/mol. The fraction of sp³-hybridized carbons (Fsp3) is 0.125. The maximum absolute atomic E-state index is 9.91. The zero-order valence-electron chi connectivity index (χ0n) is 6.20. The van der Waals surface area contributed by atoms with Crippen molar-refractivity contribution in [1.82, 2.24) is 0 Å². The molecule has 0 amide bonds. The molecule has 0 fully saturated rings. The summed E-state index contributed by atoms with van der Waals surface area (Å²) in [6.07, 6.45) is 0. The predicted molar refractivity (Wildman–Crippen MR) is 42.3 cm³/mol. The second kappa shape index (κ2) is 3.05. The van der Waals surface area contributed by atoms with Gasteiger partial charge in [0.1, 0.15) is 5.75 Å². The Morgan fingerprint density at radius 3 is 2.82 bits per heavy atom. The van der Waals surface area contributed by atoms with Crippen LogP contribution in [0, 0.1) is 6.92 Å². The number of anilines is 1. The first-order chi connectivity index (χ1) is 5.24. The van der Waals surface area contributed by atoms with E-state index in [9.17, 15) is 4.79 Å². The van der Waals surface area contributed by atoms with E-state index >= 15 is 0 Å². The van der Waals surface area contributed by atoms with E-state index in [0.717, 1.165) is 5.56 Å². The molecular weight excluding hydrogens is 142 g/mol. The number of nitrogens with two attached hydrogens (primary N) is 1. The van der Waals surface area contributed by atoms with Gasteiger partial charge in [0.2, 0.25) is 0 Å². The maximum Gasteiger partial charge on any atom is 0.298 e. The lowest BCUT2D eigenvalue weighted by Gasteiger charge is -2.01. The Morgan fingerprint density at radius 1 is 1.55 bits per heavy atom. The standard InChI is InChI=1S/C8H9NO2/c1-6-2-3-7(11-5-10)4-8(6)9/h2-5H,9H2,1H3. The smallest absolute Gasteiger partial charge is 0.298 e. The quantitative estimate of drug-likeness (QED) is 0.509. The highest BCUT2D eigenvalue weighted by molar-refractivity contribution is 5.54. The van der Waals surface area contributed by atoms with Gasteiger partial charge in [0.25, 0.3) is 6.47 Å². The van der Waals surface area contributed by atoms with Crippen molar-refractivity contribution in [2.24, 2.45) is 0 Å². The van der Waals surface area contributed by atoms with Crippen LogP contribution in [0.4, 0.5) is 5.69 Å². The number of carbonyl (C=O) groups excluding carboxylic acids is 1. The molecule has 0 unspecified atom stereocenters. The van der Waals surface area contributed by atoms with Crippen LogP contribution in [0.15, 0.2) is 18.2 Å². The number of ether oxygens (including phenoxy) is 1. The number of hydrogen-bond acceptors (Lipinski definition) is 3. The average molecular weight is 151 g/mol. The second-order valence-electron chi connectivity index (χ2n) is 2.23. The molecule has 1 aromatic rings. The number of rotatable bonds is 2. The van der Waals surface area contributed by atoms with E-state index < -0.39 is 0 Å². The van der Waals surface area contributed by atoms with Crippen LogP contribution in [0.3, 0.4) is 0 Å². The van der Waals surface area contributed by atoms with E-state index in [1.807, 2.05) is 6.92 Å². The highest BCUT2D eigenvalue weighted by Gasteiger charge is 1.95. The van der Waals surface area contributed by atoms with Crippen LogP contribution < -0.4 is 10.5 Å². The van der Waals surface area contributed by atoms with E-state index in [4.69, 9.17) is 5.73 Å². The third-order valence-corrected chi connectivity index (χ3v) is 1.43. The molecule has 0 saturated carbocycles. The normalized spacial score (nSPS) is 9.18. The molecule has 0 heterocycles. The fourth-order valence-electron chi connectivity index (χ4n) is 0.747. The topological polar surface area (TPSA) is 52.3 Å². The molecular formula is C8H9NO2. The maximum atomic E-state index is 9.91. The Bertz CT molecular complexity index is 271. The lowest BCUT2D eigenvalue weighted by Crippen LogP contribution is -1.92. The van der Waals surface area contributed by atoms with Crippen molar-refractivity contribution < 1.29 is 9.53 Å².